The van der Waals surface area contributed by atoms with Gasteiger partial charge >= 0.3 is 0 Å². The van der Waals surface area contributed by atoms with Gasteiger partial charge < -0.3 is 28.8 Å². The molecule has 41 heavy (non-hydrogen) atoms. The van der Waals surface area contributed by atoms with Crippen LogP contribution in [0.3, 0.4) is 0 Å². The Morgan fingerprint density at radius 3 is 2.00 bits per heavy atom. The van der Waals surface area contributed by atoms with Gasteiger partial charge in [0.2, 0.25) is 5.90 Å². The zero-order valence-electron chi connectivity index (χ0n) is 24.5. The highest BCUT2D eigenvalue weighted by Gasteiger charge is 2.87. The number of epoxide rings is 1. The van der Waals surface area contributed by atoms with Gasteiger partial charge in [0.1, 0.15) is 29.7 Å². The second kappa shape index (κ2) is 9.51. The van der Waals surface area contributed by atoms with Crippen LogP contribution in [0.15, 0.2) is 89.9 Å². The van der Waals surface area contributed by atoms with Crippen LogP contribution >= 0.6 is 0 Å². The van der Waals surface area contributed by atoms with Gasteiger partial charge in [0.05, 0.1) is 13.7 Å². The highest BCUT2D eigenvalue weighted by atomic mass is 28.4. The summed E-state index contributed by atoms with van der Waals surface area (Å²) in [6.45, 7) is 10.3. The molecule has 2 fully saturated rings. The molecule has 1 spiro atoms. The van der Waals surface area contributed by atoms with Crippen molar-refractivity contribution >= 4 is 24.6 Å². The fourth-order valence-corrected chi connectivity index (χ4v) is 11.8. The average Bonchev–Trinajstić information content (AvgIpc) is 3.58. The van der Waals surface area contributed by atoms with Crippen molar-refractivity contribution in [3.05, 3.63) is 90.5 Å². The lowest BCUT2D eigenvalue weighted by Crippen LogP contribution is -2.69. The van der Waals surface area contributed by atoms with Crippen LogP contribution in [0, 0.1) is 0 Å². The summed E-state index contributed by atoms with van der Waals surface area (Å²) in [6, 6.07) is 28.1. The second-order valence-corrected chi connectivity index (χ2v) is 16.9. The maximum absolute atomic E-state index is 12.4. The molecule has 0 bridgehead atoms. The molecule has 3 aromatic rings. The molecule has 216 valence electrons. The summed E-state index contributed by atoms with van der Waals surface area (Å²) in [7, 11) is -1.30. The molecule has 1 saturated heterocycles. The standard InChI is InChI=1S/C33H39NO6Si/c1-22-33(34-29(39-22)23-17-19-24(37-6)20-18-23)27(35)28-32(40-28,31(33,5)36)21-38-41(30(2,3)4,25-13-9-7-10-14-25)26-15-11-8-12-16-26/h7-20,22,27-28,35-36H,21H2,1-6H3/t22-,27-,28+,31-,32+,33-/m0/s1. The van der Waals surface area contributed by atoms with Crippen LogP contribution in [0.25, 0.3) is 0 Å². The number of rotatable bonds is 7. The third-order valence-corrected chi connectivity index (χ3v) is 14.5. The van der Waals surface area contributed by atoms with E-state index in [4.69, 9.17) is 23.6 Å². The molecule has 0 amide bonds. The van der Waals surface area contributed by atoms with E-state index in [0.29, 0.717) is 5.90 Å². The Bertz CT molecular complexity index is 1400. The fourth-order valence-electron chi connectivity index (χ4n) is 7.22. The smallest absolute Gasteiger partial charge is 0.261 e. The number of fused-ring (bicyclic) bond motifs is 1. The van der Waals surface area contributed by atoms with Gasteiger partial charge in [-0.05, 0) is 53.5 Å². The summed E-state index contributed by atoms with van der Waals surface area (Å²) in [6.07, 6.45) is -2.31. The molecule has 6 atom stereocenters. The highest BCUT2D eigenvalue weighted by molar-refractivity contribution is 6.99. The predicted molar refractivity (Wildman–Crippen MR) is 161 cm³/mol. The van der Waals surface area contributed by atoms with Crippen molar-refractivity contribution in [2.45, 2.75) is 74.7 Å². The van der Waals surface area contributed by atoms with E-state index in [2.05, 4.69) is 45.0 Å². The molecule has 2 N–H and O–H groups in total. The number of aliphatic hydroxyl groups is 2. The number of hydrogen-bond donors (Lipinski definition) is 2. The minimum Gasteiger partial charge on any atom is -0.497 e. The van der Waals surface area contributed by atoms with Crippen molar-refractivity contribution < 1.29 is 28.8 Å². The maximum atomic E-state index is 12.4. The number of nitrogens with zero attached hydrogens (tertiary/aromatic N) is 1. The van der Waals surface area contributed by atoms with Crippen molar-refractivity contribution in [3.63, 3.8) is 0 Å². The molecule has 3 aliphatic rings. The number of hydrogen-bond acceptors (Lipinski definition) is 7. The number of ether oxygens (including phenoxy) is 3. The summed E-state index contributed by atoms with van der Waals surface area (Å²) in [5, 5.41) is 26.1. The minimum atomic E-state index is -2.92. The van der Waals surface area contributed by atoms with Crippen LogP contribution in [0.2, 0.25) is 5.04 Å². The zero-order chi connectivity index (χ0) is 29.3. The van der Waals surface area contributed by atoms with E-state index in [9.17, 15) is 10.2 Å². The van der Waals surface area contributed by atoms with Crippen LogP contribution in [0.4, 0.5) is 0 Å². The van der Waals surface area contributed by atoms with Gasteiger partial charge in [0, 0.05) is 5.56 Å². The van der Waals surface area contributed by atoms with Crippen LogP contribution < -0.4 is 15.1 Å². The number of aliphatic hydroxyl groups excluding tert-OH is 1. The first-order chi connectivity index (χ1) is 19.4. The van der Waals surface area contributed by atoms with Crippen molar-refractivity contribution in [2.24, 2.45) is 4.99 Å². The molecular formula is C33H39NO6Si. The predicted octanol–water partition coefficient (Wildman–Crippen LogP) is 3.44. The number of aliphatic imine (C=N–C) groups is 1. The molecule has 1 aliphatic carbocycles. The molecule has 2 aliphatic heterocycles. The van der Waals surface area contributed by atoms with Crippen LogP contribution in [0.1, 0.15) is 40.2 Å². The Hall–Kier alpha value is -3.01. The minimum absolute atomic E-state index is 0.108. The van der Waals surface area contributed by atoms with Crippen LogP contribution in [-0.4, -0.2) is 73.2 Å². The molecule has 2 heterocycles. The quantitative estimate of drug-likeness (QED) is 0.332. The van der Waals surface area contributed by atoms with Gasteiger partial charge in [-0.1, -0.05) is 81.4 Å². The Labute approximate surface area is 242 Å². The van der Waals surface area contributed by atoms with Crippen molar-refractivity contribution in [1.82, 2.24) is 0 Å². The van der Waals surface area contributed by atoms with Crippen molar-refractivity contribution in [1.29, 1.82) is 0 Å². The molecular weight excluding hydrogens is 534 g/mol. The molecule has 3 aromatic carbocycles. The van der Waals surface area contributed by atoms with E-state index in [0.717, 1.165) is 21.7 Å². The Morgan fingerprint density at radius 1 is 0.927 bits per heavy atom. The summed E-state index contributed by atoms with van der Waals surface area (Å²) < 4.78 is 24.9. The summed E-state index contributed by atoms with van der Waals surface area (Å²) in [5.74, 6) is 1.10. The molecule has 0 radical (unpaired) electrons. The third kappa shape index (κ3) is 3.81. The van der Waals surface area contributed by atoms with Gasteiger partial charge in [-0.15, -0.1) is 0 Å². The maximum Gasteiger partial charge on any atom is 0.261 e. The van der Waals surface area contributed by atoms with Crippen LogP contribution in [-0.2, 0) is 13.9 Å². The van der Waals surface area contributed by atoms with Gasteiger partial charge in [0.25, 0.3) is 8.32 Å². The zero-order valence-corrected chi connectivity index (χ0v) is 25.5. The normalized spacial score (nSPS) is 32.4. The van der Waals surface area contributed by atoms with Crippen molar-refractivity contribution in [2.75, 3.05) is 13.7 Å². The van der Waals surface area contributed by atoms with Gasteiger partial charge in [-0.25, -0.2) is 4.99 Å². The lowest BCUT2D eigenvalue weighted by molar-refractivity contribution is -0.142. The Balaban J connectivity index is 1.39. The summed E-state index contributed by atoms with van der Waals surface area (Å²) in [4.78, 5) is 4.92. The van der Waals surface area contributed by atoms with E-state index >= 15 is 0 Å². The molecule has 0 unspecified atom stereocenters. The highest BCUT2D eigenvalue weighted by Crippen LogP contribution is 2.64. The third-order valence-electron chi connectivity index (χ3n) is 9.53. The first kappa shape index (κ1) is 28.1. The Kier molecular flexibility index (Phi) is 6.52. The molecule has 1 saturated carbocycles. The van der Waals surface area contributed by atoms with Crippen molar-refractivity contribution in [3.8, 4) is 5.75 Å². The largest absolute Gasteiger partial charge is 0.497 e. The molecule has 8 heteroatoms. The molecule has 0 aromatic heterocycles. The van der Waals surface area contributed by atoms with Gasteiger partial charge in [0.15, 0.2) is 11.1 Å². The SMILES string of the molecule is COc1ccc(C2=N[C@@]3([C@H](C)O2)[C@@H](O)[C@H]2O[C@@]2(CO[Si](c2ccccc2)(c2ccccc2)C(C)(C)C)[C@]3(C)O)cc1. The van der Waals surface area contributed by atoms with E-state index in [1.807, 2.05) is 67.6 Å². The van der Waals surface area contributed by atoms with E-state index in [1.165, 1.54) is 0 Å². The number of methoxy groups -OCH3 is 1. The lowest BCUT2D eigenvalue weighted by atomic mass is 9.75. The topological polar surface area (TPSA) is 93.0 Å². The van der Waals surface area contributed by atoms with E-state index in [1.54, 1.807) is 14.0 Å². The molecule has 7 nitrogen and oxygen atoms in total. The van der Waals surface area contributed by atoms with Gasteiger partial charge in [-0.3, -0.25) is 0 Å². The fraction of sp³-hybridized carbons (Fsp3) is 0.424. The monoisotopic (exact) mass is 573 g/mol. The van der Waals surface area contributed by atoms with E-state index in [-0.39, 0.29) is 11.6 Å². The first-order valence-corrected chi connectivity index (χ1v) is 16.1. The summed E-state index contributed by atoms with van der Waals surface area (Å²) in [5.41, 5.74) is -3.30. The average molecular weight is 574 g/mol. The van der Waals surface area contributed by atoms with Gasteiger partial charge in [-0.2, -0.15) is 0 Å². The lowest BCUT2D eigenvalue weighted by Gasteiger charge is -2.46. The Morgan fingerprint density at radius 2 is 1.49 bits per heavy atom. The second-order valence-electron chi connectivity index (χ2n) is 12.6. The number of benzene rings is 3. The van der Waals surface area contributed by atoms with Crippen LogP contribution in [0.5, 0.6) is 5.75 Å². The molecule has 6 rings (SSSR count). The summed E-state index contributed by atoms with van der Waals surface area (Å²) >= 11 is 0. The van der Waals surface area contributed by atoms with E-state index < -0.39 is 43.4 Å². The first-order valence-electron chi connectivity index (χ1n) is 14.2.